The molecule has 1 fully saturated rings. The molecule has 1 saturated carbocycles. The summed E-state index contributed by atoms with van der Waals surface area (Å²) in [6.07, 6.45) is 3.35. The van der Waals surface area contributed by atoms with Crippen LogP contribution in [-0.2, 0) is 4.79 Å². The molecule has 0 aromatic heterocycles. The van der Waals surface area contributed by atoms with Gasteiger partial charge in [0.2, 0.25) is 5.91 Å². The molecule has 1 N–H and O–H groups in total. The molecule has 0 heterocycles. The van der Waals surface area contributed by atoms with Gasteiger partial charge in [-0.2, -0.15) is 0 Å². The maximum absolute atomic E-state index is 11.2. The lowest BCUT2D eigenvalue weighted by Gasteiger charge is -2.15. The summed E-state index contributed by atoms with van der Waals surface area (Å²) in [4.78, 5) is 11.1. The van der Waals surface area contributed by atoms with Crippen LogP contribution in [0, 0.1) is 0 Å². The lowest BCUT2D eigenvalue weighted by Crippen LogP contribution is -2.39. The summed E-state index contributed by atoms with van der Waals surface area (Å²) in [5, 5.41) is 3.03. The van der Waals surface area contributed by atoms with Gasteiger partial charge in [0.15, 0.2) is 0 Å². The molecule has 0 saturated heterocycles. The Balaban J connectivity index is 2.36. The Hall–Kier alpha value is -0.0500. The highest BCUT2D eigenvalue weighted by Gasteiger charge is 2.42. The fraction of sp³-hybridized carbons (Fsp3) is 0.875. The summed E-state index contributed by atoms with van der Waals surface area (Å²) in [7, 11) is 0. The normalized spacial score (nSPS) is 22.5. The number of hydrogen-bond donors (Lipinski definition) is 1. The number of hydrogen-bond acceptors (Lipinski definition) is 1. The van der Waals surface area contributed by atoms with Crippen LogP contribution in [0.5, 0.6) is 0 Å². The number of carbonyl (C=O) groups is 1. The Morgan fingerprint density at radius 2 is 2.27 bits per heavy atom. The van der Waals surface area contributed by atoms with E-state index in [2.05, 4.69) is 28.2 Å². The molecule has 2 nitrogen and oxygen atoms in total. The third-order valence-corrected chi connectivity index (χ3v) is 2.70. The predicted octanol–water partition coefficient (Wildman–Crippen LogP) is 1.83. The van der Waals surface area contributed by atoms with Crippen molar-refractivity contribution in [2.75, 3.05) is 0 Å². The van der Waals surface area contributed by atoms with Crippen LogP contribution in [0.15, 0.2) is 0 Å². The smallest absolute Gasteiger partial charge is 0.233 e. The largest absolute Gasteiger partial charge is 0.350 e. The van der Waals surface area contributed by atoms with E-state index in [1.807, 2.05) is 6.92 Å². The number of alkyl halides is 1. The Kier molecular flexibility index (Phi) is 2.58. The van der Waals surface area contributed by atoms with E-state index in [-0.39, 0.29) is 16.3 Å². The number of amides is 1. The molecule has 0 aromatic rings. The molecule has 1 amide bonds. The summed E-state index contributed by atoms with van der Waals surface area (Å²) in [6.45, 7) is 3.97. The van der Waals surface area contributed by atoms with E-state index >= 15 is 0 Å². The van der Waals surface area contributed by atoms with E-state index in [1.54, 1.807) is 0 Å². The Morgan fingerprint density at radius 1 is 1.73 bits per heavy atom. The summed E-state index contributed by atoms with van der Waals surface area (Å²) in [5.74, 6) is 0.115. The predicted molar refractivity (Wildman–Crippen MR) is 48.8 cm³/mol. The van der Waals surface area contributed by atoms with Crippen LogP contribution in [-0.4, -0.2) is 16.3 Å². The topological polar surface area (TPSA) is 29.1 Å². The van der Waals surface area contributed by atoms with Gasteiger partial charge in [0.1, 0.15) is 0 Å². The number of nitrogens with one attached hydrogen (secondary N) is 1. The third-order valence-electron chi connectivity index (χ3n) is 2.28. The van der Waals surface area contributed by atoms with E-state index in [1.165, 1.54) is 0 Å². The van der Waals surface area contributed by atoms with Gasteiger partial charge in [0.05, 0.1) is 4.83 Å². The molecule has 0 bridgehead atoms. The fourth-order valence-electron chi connectivity index (χ4n) is 1.08. The Morgan fingerprint density at radius 3 is 2.55 bits per heavy atom. The van der Waals surface area contributed by atoms with Crippen molar-refractivity contribution in [2.24, 2.45) is 0 Å². The van der Waals surface area contributed by atoms with Crippen LogP contribution >= 0.6 is 15.9 Å². The van der Waals surface area contributed by atoms with Gasteiger partial charge >= 0.3 is 0 Å². The Labute approximate surface area is 75.9 Å². The average molecular weight is 220 g/mol. The Bertz CT molecular complexity index is 163. The fourth-order valence-corrected chi connectivity index (χ4v) is 1.19. The van der Waals surface area contributed by atoms with E-state index in [0.717, 1.165) is 19.3 Å². The van der Waals surface area contributed by atoms with Gasteiger partial charge in [-0.05, 0) is 26.2 Å². The highest BCUT2D eigenvalue weighted by atomic mass is 79.9. The molecule has 0 aromatic carbocycles. The molecule has 1 aliphatic carbocycles. The first-order valence-corrected chi connectivity index (χ1v) is 4.97. The zero-order valence-electron chi connectivity index (χ0n) is 6.98. The van der Waals surface area contributed by atoms with E-state index in [9.17, 15) is 4.79 Å². The number of halogens is 1. The number of rotatable bonds is 3. The first kappa shape index (κ1) is 9.04. The molecule has 64 valence electrons. The van der Waals surface area contributed by atoms with Crippen molar-refractivity contribution in [3.8, 4) is 0 Å². The van der Waals surface area contributed by atoms with Crippen LogP contribution in [0.4, 0.5) is 0 Å². The molecule has 1 aliphatic rings. The maximum Gasteiger partial charge on any atom is 0.233 e. The van der Waals surface area contributed by atoms with Crippen molar-refractivity contribution in [3.63, 3.8) is 0 Å². The number of carbonyl (C=O) groups excluding carboxylic acids is 1. The van der Waals surface area contributed by atoms with Crippen molar-refractivity contribution in [3.05, 3.63) is 0 Å². The van der Waals surface area contributed by atoms with Crippen molar-refractivity contribution in [1.82, 2.24) is 5.32 Å². The average Bonchev–Trinajstić information content (AvgIpc) is 2.69. The minimum atomic E-state index is -0.0634. The van der Waals surface area contributed by atoms with Crippen LogP contribution in [0.2, 0.25) is 0 Å². The van der Waals surface area contributed by atoms with Crippen molar-refractivity contribution >= 4 is 21.8 Å². The summed E-state index contributed by atoms with van der Waals surface area (Å²) in [5.41, 5.74) is 0.166. The molecule has 1 atom stereocenters. The highest BCUT2D eigenvalue weighted by Crippen LogP contribution is 2.38. The third kappa shape index (κ3) is 2.19. The second-order valence-electron chi connectivity index (χ2n) is 3.24. The molecule has 1 unspecified atom stereocenters. The zero-order chi connectivity index (χ0) is 8.48. The quantitative estimate of drug-likeness (QED) is 0.722. The first-order valence-electron chi connectivity index (χ1n) is 4.06. The molecule has 0 aliphatic heterocycles. The lowest BCUT2D eigenvalue weighted by molar-refractivity contribution is -0.121. The highest BCUT2D eigenvalue weighted by molar-refractivity contribution is 9.10. The van der Waals surface area contributed by atoms with Crippen LogP contribution in [0.1, 0.15) is 33.1 Å². The SMILES string of the molecule is CCC1(NC(=O)C(C)Br)CC1. The summed E-state index contributed by atoms with van der Waals surface area (Å²) in [6, 6.07) is 0. The van der Waals surface area contributed by atoms with E-state index in [4.69, 9.17) is 0 Å². The van der Waals surface area contributed by atoms with Gasteiger partial charge in [-0.15, -0.1) is 0 Å². The van der Waals surface area contributed by atoms with Crippen LogP contribution < -0.4 is 5.32 Å². The second kappa shape index (κ2) is 3.13. The van der Waals surface area contributed by atoms with Gasteiger partial charge in [0, 0.05) is 5.54 Å². The first-order chi connectivity index (χ1) is 5.09. The van der Waals surface area contributed by atoms with Crippen LogP contribution in [0.3, 0.4) is 0 Å². The maximum atomic E-state index is 11.2. The monoisotopic (exact) mass is 219 g/mol. The second-order valence-corrected chi connectivity index (χ2v) is 4.61. The molecule has 3 heteroatoms. The zero-order valence-corrected chi connectivity index (χ0v) is 8.57. The molecule has 1 rings (SSSR count). The minimum absolute atomic E-state index is 0.0634. The molecular weight excluding hydrogens is 206 g/mol. The van der Waals surface area contributed by atoms with Crippen molar-refractivity contribution < 1.29 is 4.79 Å². The van der Waals surface area contributed by atoms with Gasteiger partial charge in [-0.1, -0.05) is 22.9 Å². The van der Waals surface area contributed by atoms with Gasteiger partial charge in [-0.3, -0.25) is 4.79 Å². The molecule has 0 spiro atoms. The van der Waals surface area contributed by atoms with Gasteiger partial charge < -0.3 is 5.32 Å². The van der Waals surface area contributed by atoms with E-state index in [0.29, 0.717) is 0 Å². The van der Waals surface area contributed by atoms with Gasteiger partial charge in [0.25, 0.3) is 0 Å². The van der Waals surface area contributed by atoms with Crippen molar-refractivity contribution in [2.45, 2.75) is 43.5 Å². The lowest BCUT2D eigenvalue weighted by atomic mass is 10.2. The summed E-state index contributed by atoms with van der Waals surface area (Å²) >= 11 is 3.24. The minimum Gasteiger partial charge on any atom is -0.350 e. The molecule has 11 heavy (non-hydrogen) atoms. The van der Waals surface area contributed by atoms with Crippen LogP contribution in [0.25, 0.3) is 0 Å². The summed E-state index contributed by atoms with van der Waals surface area (Å²) < 4.78 is 0. The molecule has 0 radical (unpaired) electrons. The van der Waals surface area contributed by atoms with E-state index < -0.39 is 0 Å². The standard InChI is InChI=1S/C8H14BrNO/c1-3-8(4-5-8)10-7(11)6(2)9/h6H,3-5H2,1-2H3,(H,10,11). The van der Waals surface area contributed by atoms with Gasteiger partial charge in [-0.25, -0.2) is 0 Å². The van der Waals surface area contributed by atoms with Crippen molar-refractivity contribution in [1.29, 1.82) is 0 Å². The molecular formula is C8H14BrNO.